The van der Waals surface area contributed by atoms with Crippen molar-refractivity contribution in [3.05, 3.63) is 102 Å². The highest BCUT2D eigenvalue weighted by Gasteiger charge is 2.23. The Bertz CT molecular complexity index is 1330. The third kappa shape index (κ3) is 4.85. The largest absolute Gasteiger partial charge is 0.458 e. The van der Waals surface area contributed by atoms with E-state index in [0.29, 0.717) is 35.0 Å². The molecule has 1 heterocycles. The number of nitrogens with zero attached hydrogens (tertiary/aromatic N) is 3. The molecule has 160 valence electrons. The molecule has 0 N–H and O–H groups in total. The third-order valence-electron chi connectivity index (χ3n) is 4.84. The lowest BCUT2D eigenvalue weighted by molar-refractivity contribution is 0.333. The van der Waals surface area contributed by atoms with Gasteiger partial charge >= 0.3 is 0 Å². The molecule has 1 atom stereocenters. The smallest absolute Gasteiger partial charge is 0.175 e. The number of hydrogen-bond acceptors (Lipinski definition) is 7. The number of para-hydroxylation sites is 1. The summed E-state index contributed by atoms with van der Waals surface area (Å²) in [6, 6.07) is 15.2. The summed E-state index contributed by atoms with van der Waals surface area (Å²) in [5.41, 5.74) is 1.19. The minimum atomic E-state index is -3.31. The maximum atomic E-state index is 11.7. The maximum absolute atomic E-state index is 11.7. The fourth-order valence-electron chi connectivity index (χ4n) is 3.22. The van der Waals surface area contributed by atoms with E-state index < -0.39 is 9.84 Å². The monoisotopic (exact) mass is 445 g/mol. The zero-order chi connectivity index (χ0) is 22.6. The normalized spacial score (nSPS) is 15.8. The Labute approximate surface area is 186 Å². The zero-order valence-corrected chi connectivity index (χ0v) is 18.0. The molecule has 4 rings (SSSR count). The van der Waals surface area contributed by atoms with E-state index in [4.69, 9.17) is 9.47 Å². The lowest BCUT2D eigenvalue weighted by atomic mass is 9.95. The van der Waals surface area contributed by atoms with E-state index in [2.05, 4.69) is 16.0 Å². The number of rotatable bonds is 6. The predicted octanol–water partition coefficient (Wildman–Crippen LogP) is 4.16. The van der Waals surface area contributed by atoms with Crippen LogP contribution in [0.1, 0.15) is 23.6 Å². The van der Waals surface area contributed by atoms with Gasteiger partial charge in [0.25, 0.3) is 0 Å². The summed E-state index contributed by atoms with van der Waals surface area (Å²) < 4.78 is 35.6. The fourth-order valence-corrected chi connectivity index (χ4v) is 3.85. The van der Waals surface area contributed by atoms with Gasteiger partial charge in [0.15, 0.2) is 15.6 Å². The van der Waals surface area contributed by atoms with Crippen LogP contribution in [-0.4, -0.2) is 24.6 Å². The molecule has 0 saturated heterocycles. The molecule has 0 radical (unpaired) electrons. The molecule has 0 bridgehead atoms. The van der Waals surface area contributed by atoms with Crippen molar-refractivity contribution < 1.29 is 17.9 Å². The van der Waals surface area contributed by atoms with E-state index in [0.717, 1.165) is 11.9 Å². The van der Waals surface area contributed by atoms with Crippen molar-refractivity contribution in [3.8, 4) is 17.6 Å². The second-order valence-electron chi connectivity index (χ2n) is 7.14. The van der Waals surface area contributed by atoms with Crippen molar-refractivity contribution in [2.75, 3.05) is 6.26 Å². The lowest BCUT2D eigenvalue weighted by Gasteiger charge is -2.22. The molecule has 7 nitrogen and oxygen atoms in total. The second kappa shape index (κ2) is 9.04. The summed E-state index contributed by atoms with van der Waals surface area (Å²) in [6.45, 7) is 0. The lowest BCUT2D eigenvalue weighted by Crippen LogP contribution is -2.13. The van der Waals surface area contributed by atoms with E-state index in [1.807, 2.05) is 6.08 Å². The Hall–Kier alpha value is -3.96. The molecular formula is C24H19N3O4S. The van der Waals surface area contributed by atoms with Crippen LogP contribution in [0.25, 0.3) is 0 Å². The molecule has 1 aliphatic rings. The summed E-state index contributed by atoms with van der Waals surface area (Å²) in [7, 11) is -3.31. The van der Waals surface area contributed by atoms with Gasteiger partial charge < -0.3 is 9.47 Å². The van der Waals surface area contributed by atoms with Crippen molar-refractivity contribution in [1.82, 2.24) is 9.97 Å². The van der Waals surface area contributed by atoms with Gasteiger partial charge in [-0.15, -0.1) is 0 Å². The van der Waals surface area contributed by atoms with Crippen LogP contribution in [-0.2, 0) is 9.84 Å². The predicted molar refractivity (Wildman–Crippen MR) is 118 cm³/mol. The first-order chi connectivity index (χ1) is 15.4. The van der Waals surface area contributed by atoms with E-state index in [1.54, 1.807) is 61.1 Å². The molecule has 2 aromatic carbocycles. The molecule has 0 fully saturated rings. The Kier molecular flexibility index (Phi) is 6.01. The highest BCUT2D eigenvalue weighted by molar-refractivity contribution is 7.90. The van der Waals surface area contributed by atoms with Crippen LogP contribution in [0.3, 0.4) is 0 Å². The molecule has 1 aromatic heterocycles. The van der Waals surface area contributed by atoms with Crippen LogP contribution in [0.2, 0.25) is 0 Å². The van der Waals surface area contributed by atoms with Gasteiger partial charge in [-0.1, -0.05) is 18.2 Å². The van der Waals surface area contributed by atoms with Crippen molar-refractivity contribution in [2.45, 2.75) is 17.2 Å². The quantitative estimate of drug-likeness (QED) is 0.561. The number of hydrogen-bond donors (Lipinski definition) is 0. The zero-order valence-electron chi connectivity index (χ0n) is 17.2. The summed E-state index contributed by atoms with van der Waals surface area (Å²) in [5.74, 6) is 1.80. The molecule has 0 aliphatic heterocycles. The van der Waals surface area contributed by atoms with E-state index in [-0.39, 0.29) is 10.8 Å². The molecule has 3 aromatic rings. The Morgan fingerprint density at radius 2 is 1.84 bits per heavy atom. The van der Waals surface area contributed by atoms with Gasteiger partial charge in [-0.3, -0.25) is 9.97 Å². The van der Waals surface area contributed by atoms with Crippen molar-refractivity contribution in [3.63, 3.8) is 0 Å². The van der Waals surface area contributed by atoms with Crippen molar-refractivity contribution in [1.29, 1.82) is 5.26 Å². The Morgan fingerprint density at radius 3 is 2.53 bits per heavy atom. The van der Waals surface area contributed by atoms with Crippen LogP contribution in [0.5, 0.6) is 11.5 Å². The van der Waals surface area contributed by atoms with Gasteiger partial charge in [0, 0.05) is 37.2 Å². The van der Waals surface area contributed by atoms with Gasteiger partial charge in [0.05, 0.1) is 16.2 Å². The number of aromatic nitrogens is 2. The van der Waals surface area contributed by atoms with Crippen LogP contribution >= 0.6 is 0 Å². The molecule has 0 saturated carbocycles. The number of ether oxygens (including phenoxy) is 2. The molecule has 0 spiro atoms. The molecule has 1 unspecified atom stereocenters. The first-order valence-electron chi connectivity index (χ1n) is 9.76. The van der Waals surface area contributed by atoms with Gasteiger partial charge in [-0.2, -0.15) is 5.26 Å². The SMILES string of the molecule is CS(=O)(=O)c1ccc(OC2=C(Oc3ccccc3C#N)C=CC(c3cnccn3)C2)cc1. The summed E-state index contributed by atoms with van der Waals surface area (Å²) in [6.07, 6.45) is 10.3. The van der Waals surface area contributed by atoms with Gasteiger partial charge in [-0.05, 0) is 42.5 Å². The van der Waals surface area contributed by atoms with Crippen LogP contribution in [0.4, 0.5) is 0 Å². The van der Waals surface area contributed by atoms with Gasteiger partial charge in [-0.25, -0.2) is 8.42 Å². The molecule has 1 aliphatic carbocycles. The van der Waals surface area contributed by atoms with Crippen LogP contribution in [0.15, 0.2) is 95.7 Å². The van der Waals surface area contributed by atoms with E-state index >= 15 is 0 Å². The number of sulfone groups is 1. The summed E-state index contributed by atoms with van der Waals surface area (Å²) in [5, 5.41) is 9.37. The van der Waals surface area contributed by atoms with Crippen molar-refractivity contribution >= 4 is 9.84 Å². The number of allylic oxidation sites excluding steroid dienone is 3. The minimum absolute atomic E-state index is 0.0763. The number of benzene rings is 2. The topological polar surface area (TPSA) is 102 Å². The third-order valence-corrected chi connectivity index (χ3v) is 5.97. The van der Waals surface area contributed by atoms with E-state index in [1.165, 1.54) is 12.1 Å². The average Bonchev–Trinajstić information content (AvgIpc) is 2.81. The van der Waals surface area contributed by atoms with E-state index in [9.17, 15) is 13.7 Å². The Morgan fingerprint density at radius 1 is 1.06 bits per heavy atom. The highest BCUT2D eigenvalue weighted by atomic mass is 32.2. The minimum Gasteiger partial charge on any atom is -0.458 e. The fraction of sp³-hybridized carbons (Fsp3) is 0.125. The summed E-state index contributed by atoms with van der Waals surface area (Å²) in [4.78, 5) is 8.72. The number of nitriles is 1. The summed E-state index contributed by atoms with van der Waals surface area (Å²) >= 11 is 0. The van der Waals surface area contributed by atoms with Crippen LogP contribution in [0, 0.1) is 11.3 Å². The second-order valence-corrected chi connectivity index (χ2v) is 9.16. The van der Waals surface area contributed by atoms with Crippen molar-refractivity contribution in [2.24, 2.45) is 0 Å². The first-order valence-corrected chi connectivity index (χ1v) is 11.7. The van der Waals surface area contributed by atoms with Crippen LogP contribution < -0.4 is 9.47 Å². The average molecular weight is 446 g/mol. The molecule has 0 amide bonds. The standard InChI is InChI=1S/C24H19N3O4S/c1-32(28,29)20-9-7-19(8-10-20)30-24-14-17(21-16-26-12-13-27-21)6-11-23(24)31-22-5-3-2-4-18(22)15-25/h2-13,16-17H,14H2,1H3. The maximum Gasteiger partial charge on any atom is 0.175 e. The first kappa shape index (κ1) is 21.3. The molecular weight excluding hydrogens is 426 g/mol. The Balaban J connectivity index is 1.67. The van der Waals surface area contributed by atoms with Gasteiger partial charge in [0.2, 0.25) is 0 Å². The van der Waals surface area contributed by atoms with Gasteiger partial charge in [0.1, 0.15) is 23.3 Å². The molecule has 32 heavy (non-hydrogen) atoms. The molecule has 8 heteroatoms. The highest BCUT2D eigenvalue weighted by Crippen LogP contribution is 2.34.